The van der Waals surface area contributed by atoms with Gasteiger partial charge in [-0.2, -0.15) is 0 Å². The van der Waals surface area contributed by atoms with Gasteiger partial charge in [-0.15, -0.1) is 0 Å². The molecular weight excluding hydrogens is 344 g/mol. The highest BCUT2D eigenvalue weighted by atomic mass is 32.2. The number of carbonyl (C=O) groups excluding carboxylic acids is 1. The van der Waals surface area contributed by atoms with Crippen LogP contribution in [0, 0.1) is 5.41 Å². The Bertz CT molecular complexity index is 752. The van der Waals surface area contributed by atoms with Gasteiger partial charge in [0.15, 0.2) is 0 Å². The van der Waals surface area contributed by atoms with Crippen LogP contribution in [-0.2, 0) is 19.6 Å². The molecule has 0 aliphatic heterocycles. The second-order valence-electron chi connectivity index (χ2n) is 6.76. The lowest BCUT2D eigenvalue weighted by Crippen LogP contribution is -2.43. The summed E-state index contributed by atoms with van der Waals surface area (Å²) in [5, 5.41) is 12.1. The Balaban J connectivity index is 2.02. The lowest BCUT2D eigenvalue weighted by Gasteiger charge is -2.37. The second-order valence-corrected chi connectivity index (χ2v) is 8.91. The summed E-state index contributed by atoms with van der Waals surface area (Å²) >= 11 is 0. The summed E-state index contributed by atoms with van der Waals surface area (Å²) in [6.07, 6.45) is 1.86. The molecule has 1 saturated carbocycles. The summed E-state index contributed by atoms with van der Waals surface area (Å²) in [4.78, 5) is 23.7. The van der Waals surface area contributed by atoms with Crippen LogP contribution in [0.1, 0.15) is 44.2 Å². The van der Waals surface area contributed by atoms with Gasteiger partial charge in [-0.05, 0) is 37.5 Å². The maximum Gasteiger partial charge on any atom is 0.310 e. The fourth-order valence-electron chi connectivity index (χ4n) is 2.89. The predicted octanol–water partition coefficient (Wildman–Crippen LogP) is 1.76. The van der Waals surface area contributed by atoms with E-state index in [1.54, 1.807) is 19.1 Å². The topological polar surface area (TPSA) is 104 Å². The van der Waals surface area contributed by atoms with Crippen molar-refractivity contribution in [1.29, 1.82) is 0 Å². The fraction of sp³-hybridized carbons (Fsp3) is 0.529. The Morgan fingerprint density at radius 2 is 1.80 bits per heavy atom. The molecule has 2 N–H and O–H groups in total. The molecule has 7 nitrogen and oxygen atoms in total. The van der Waals surface area contributed by atoms with Crippen LogP contribution in [0.25, 0.3) is 0 Å². The fourth-order valence-corrected chi connectivity index (χ4v) is 3.79. The van der Waals surface area contributed by atoms with Crippen molar-refractivity contribution in [3.8, 4) is 0 Å². The number of hydrogen-bond acceptors (Lipinski definition) is 4. The van der Waals surface area contributed by atoms with E-state index in [4.69, 9.17) is 0 Å². The quantitative estimate of drug-likeness (QED) is 0.763. The first-order valence-electron chi connectivity index (χ1n) is 8.14. The zero-order valence-corrected chi connectivity index (χ0v) is 15.5. The average molecular weight is 368 g/mol. The van der Waals surface area contributed by atoms with Gasteiger partial charge in [-0.1, -0.05) is 18.6 Å². The number of rotatable bonds is 7. The van der Waals surface area contributed by atoms with Gasteiger partial charge in [0.1, 0.15) is 0 Å². The molecular formula is C17H24N2O5S. The molecule has 1 fully saturated rings. The Morgan fingerprint density at radius 3 is 2.20 bits per heavy atom. The molecule has 8 heteroatoms. The molecule has 0 radical (unpaired) electrons. The van der Waals surface area contributed by atoms with Gasteiger partial charge in [0, 0.05) is 20.5 Å². The summed E-state index contributed by atoms with van der Waals surface area (Å²) in [7, 11) is -0.565. The van der Waals surface area contributed by atoms with Gasteiger partial charge in [-0.25, -0.2) is 12.7 Å². The number of benzene rings is 1. The molecule has 25 heavy (non-hydrogen) atoms. The van der Waals surface area contributed by atoms with Crippen LogP contribution in [-0.4, -0.2) is 43.8 Å². The third-order valence-corrected chi connectivity index (χ3v) is 6.63. The van der Waals surface area contributed by atoms with E-state index in [0.29, 0.717) is 12.8 Å². The molecule has 1 aromatic carbocycles. The predicted molar refractivity (Wildman–Crippen MR) is 92.4 cm³/mol. The van der Waals surface area contributed by atoms with E-state index in [2.05, 4.69) is 5.32 Å². The summed E-state index contributed by atoms with van der Waals surface area (Å²) < 4.78 is 25.2. The minimum absolute atomic E-state index is 0.0280. The van der Waals surface area contributed by atoms with E-state index in [9.17, 15) is 23.1 Å². The summed E-state index contributed by atoms with van der Waals surface area (Å²) in [5.41, 5.74) is -0.169. The standard InChI is InChI=1S/C17H24N2O5S/c1-12(18-15(20)11-17(16(21)22)9-4-10-17)13-5-7-14(8-6-13)25(23,24)19(2)3/h5-8,12H,4,9-11H2,1-3H3,(H,18,20)(H,21,22). The molecule has 1 aliphatic rings. The Morgan fingerprint density at radius 1 is 1.24 bits per heavy atom. The van der Waals surface area contributed by atoms with E-state index in [1.165, 1.54) is 26.2 Å². The molecule has 0 bridgehead atoms. The molecule has 0 aromatic heterocycles. The van der Waals surface area contributed by atoms with Crippen LogP contribution < -0.4 is 5.32 Å². The first-order chi connectivity index (χ1) is 11.6. The number of carboxylic acid groups (broad SMARTS) is 1. The van der Waals surface area contributed by atoms with Gasteiger partial charge >= 0.3 is 5.97 Å². The smallest absolute Gasteiger partial charge is 0.310 e. The highest BCUT2D eigenvalue weighted by Gasteiger charge is 2.45. The minimum Gasteiger partial charge on any atom is -0.481 e. The van der Waals surface area contributed by atoms with E-state index in [1.807, 2.05) is 0 Å². The summed E-state index contributed by atoms with van der Waals surface area (Å²) in [6, 6.07) is 5.96. The normalized spacial score (nSPS) is 17.6. The highest BCUT2D eigenvalue weighted by Crippen LogP contribution is 2.44. The van der Waals surface area contributed by atoms with E-state index >= 15 is 0 Å². The van der Waals surface area contributed by atoms with Crippen LogP contribution in [0.2, 0.25) is 0 Å². The SMILES string of the molecule is CC(NC(=O)CC1(C(=O)O)CCC1)c1ccc(S(=O)(=O)N(C)C)cc1. The summed E-state index contributed by atoms with van der Waals surface area (Å²) in [5.74, 6) is -1.22. The van der Waals surface area contributed by atoms with Crippen molar-refractivity contribution in [3.05, 3.63) is 29.8 Å². The van der Waals surface area contributed by atoms with Crippen molar-refractivity contribution in [3.63, 3.8) is 0 Å². The van der Waals surface area contributed by atoms with Crippen molar-refractivity contribution in [2.45, 2.75) is 43.5 Å². The number of carboxylic acids is 1. The van der Waals surface area contributed by atoms with Crippen LogP contribution in [0.5, 0.6) is 0 Å². The van der Waals surface area contributed by atoms with Crippen LogP contribution in [0.4, 0.5) is 0 Å². The number of nitrogens with zero attached hydrogens (tertiary/aromatic N) is 1. The zero-order valence-electron chi connectivity index (χ0n) is 14.7. The molecule has 0 spiro atoms. The third-order valence-electron chi connectivity index (χ3n) is 4.80. The lowest BCUT2D eigenvalue weighted by molar-refractivity contribution is -0.157. The minimum atomic E-state index is -3.49. The number of hydrogen-bond donors (Lipinski definition) is 2. The molecule has 1 atom stereocenters. The van der Waals surface area contributed by atoms with Gasteiger partial charge in [0.05, 0.1) is 16.4 Å². The van der Waals surface area contributed by atoms with Crippen molar-refractivity contribution < 1.29 is 23.1 Å². The lowest BCUT2D eigenvalue weighted by atomic mass is 9.66. The van der Waals surface area contributed by atoms with E-state index in [-0.39, 0.29) is 23.3 Å². The van der Waals surface area contributed by atoms with E-state index < -0.39 is 21.4 Å². The highest BCUT2D eigenvalue weighted by molar-refractivity contribution is 7.89. The second kappa shape index (κ2) is 7.13. The molecule has 1 amide bonds. The summed E-state index contributed by atoms with van der Waals surface area (Å²) in [6.45, 7) is 1.78. The third kappa shape index (κ3) is 4.01. The Kier molecular flexibility index (Phi) is 5.53. The van der Waals surface area contributed by atoms with Crippen LogP contribution in [0.15, 0.2) is 29.2 Å². The molecule has 138 valence electrons. The van der Waals surface area contributed by atoms with Gasteiger partial charge in [0.25, 0.3) is 0 Å². The van der Waals surface area contributed by atoms with Crippen LogP contribution >= 0.6 is 0 Å². The maximum absolute atomic E-state index is 12.2. The van der Waals surface area contributed by atoms with Gasteiger partial charge in [-0.3, -0.25) is 9.59 Å². The number of nitrogens with one attached hydrogen (secondary N) is 1. The Labute approximate surface area is 148 Å². The first kappa shape index (κ1) is 19.4. The van der Waals surface area contributed by atoms with E-state index in [0.717, 1.165) is 16.3 Å². The molecule has 1 unspecified atom stereocenters. The molecule has 0 heterocycles. The average Bonchev–Trinajstić information content (AvgIpc) is 2.50. The van der Waals surface area contributed by atoms with Crippen molar-refractivity contribution in [1.82, 2.24) is 9.62 Å². The van der Waals surface area contributed by atoms with Crippen molar-refractivity contribution >= 4 is 21.9 Å². The van der Waals surface area contributed by atoms with Crippen LogP contribution in [0.3, 0.4) is 0 Å². The zero-order chi connectivity index (χ0) is 18.8. The van der Waals surface area contributed by atoms with Crippen molar-refractivity contribution in [2.75, 3.05) is 14.1 Å². The molecule has 0 saturated heterocycles. The largest absolute Gasteiger partial charge is 0.481 e. The number of sulfonamides is 1. The Hall–Kier alpha value is -1.93. The molecule has 1 aromatic rings. The number of amides is 1. The van der Waals surface area contributed by atoms with Crippen molar-refractivity contribution in [2.24, 2.45) is 5.41 Å². The molecule has 1 aliphatic carbocycles. The van der Waals surface area contributed by atoms with Gasteiger partial charge in [0.2, 0.25) is 15.9 Å². The maximum atomic E-state index is 12.2. The first-order valence-corrected chi connectivity index (χ1v) is 9.58. The van der Waals surface area contributed by atoms with Gasteiger partial charge < -0.3 is 10.4 Å². The molecule has 2 rings (SSSR count). The monoisotopic (exact) mass is 368 g/mol. The number of aliphatic carboxylic acids is 1. The number of carbonyl (C=O) groups is 2.